The van der Waals surface area contributed by atoms with Crippen LogP contribution in [0.2, 0.25) is 0 Å². The van der Waals surface area contributed by atoms with Gasteiger partial charge in [-0.2, -0.15) is 0 Å². The van der Waals surface area contributed by atoms with Gasteiger partial charge in [-0.15, -0.1) is 0 Å². The van der Waals surface area contributed by atoms with Gasteiger partial charge in [-0.25, -0.2) is 0 Å². The minimum Gasteiger partial charge on any atom is -0.463 e. The average molecular weight is 273 g/mol. The Morgan fingerprint density at radius 3 is 2.26 bits per heavy atom. The fourth-order valence-electron chi connectivity index (χ4n) is 2.49. The van der Waals surface area contributed by atoms with Crippen molar-refractivity contribution in [3.05, 3.63) is 0 Å². The molecule has 1 aliphatic rings. The van der Waals surface area contributed by atoms with Crippen molar-refractivity contribution < 1.29 is 19.0 Å². The molecule has 19 heavy (non-hydrogen) atoms. The van der Waals surface area contributed by atoms with Crippen LogP contribution in [0.3, 0.4) is 0 Å². The average Bonchev–Trinajstić information content (AvgIpc) is 2.68. The zero-order valence-electron chi connectivity index (χ0n) is 12.0. The van der Waals surface area contributed by atoms with Crippen molar-refractivity contribution >= 4 is 5.97 Å². The molecule has 1 saturated carbocycles. The second kappa shape index (κ2) is 9.28. The maximum atomic E-state index is 12.2. The molecule has 0 bridgehead atoms. The molecule has 0 heterocycles. The first-order valence-electron chi connectivity index (χ1n) is 7.19. The summed E-state index contributed by atoms with van der Waals surface area (Å²) in [6.07, 6.45) is 6.22. The van der Waals surface area contributed by atoms with Gasteiger partial charge in [-0.1, -0.05) is 25.7 Å². The fraction of sp³-hybridized carbons (Fsp3) is 0.929. The number of esters is 1. The van der Waals surface area contributed by atoms with Crippen LogP contribution in [0.25, 0.3) is 0 Å². The second-order valence-corrected chi connectivity index (χ2v) is 5.14. The monoisotopic (exact) mass is 273 g/mol. The summed E-state index contributed by atoms with van der Waals surface area (Å²) in [4.78, 5) is 12.2. The fourth-order valence-corrected chi connectivity index (χ4v) is 2.49. The Hall–Kier alpha value is -0.650. The summed E-state index contributed by atoms with van der Waals surface area (Å²) in [7, 11) is 1.63. The van der Waals surface area contributed by atoms with Gasteiger partial charge in [0, 0.05) is 13.7 Å². The molecule has 112 valence electrons. The van der Waals surface area contributed by atoms with E-state index in [0.717, 1.165) is 25.7 Å². The van der Waals surface area contributed by atoms with E-state index in [-0.39, 0.29) is 5.97 Å². The molecular formula is C14H27NO4. The number of carbonyl (C=O) groups excluding carboxylic acids is 1. The zero-order chi connectivity index (χ0) is 14.0. The van der Waals surface area contributed by atoms with E-state index in [1.807, 2.05) is 0 Å². The lowest BCUT2D eigenvalue weighted by Crippen LogP contribution is -2.40. The van der Waals surface area contributed by atoms with Gasteiger partial charge < -0.3 is 19.9 Å². The molecule has 0 atom stereocenters. The van der Waals surface area contributed by atoms with Gasteiger partial charge in [0.1, 0.15) is 6.61 Å². The molecule has 0 aliphatic heterocycles. The number of rotatable bonds is 8. The number of carbonyl (C=O) groups is 1. The van der Waals surface area contributed by atoms with E-state index in [1.165, 1.54) is 12.8 Å². The predicted molar refractivity (Wildman–Crippen MR) is 72.8 cm³/mol. The van der Waals surface area contributed by atoms with Crippen LogP contribution in [0.15, 0.2) is 0 Å². The van der Waals surface area contributed by atoms with Crippen molar-refractivity contribution in [1.82, 2.24) is 0 Å². The zero-order valence-corrected chi connectivity index (χ0v) is 12.0. The van der Waals surface area contributed by atoms with Crippen molar-refractivity contribution in [3.63, 3.8) is 0 Å². The first kappa shape index (κ1) is 16.4. The molecular weight excluding hydrogens is 246 g/mol. The Morgan fingerprint density at radius 1 is 1.05 bits per heavy atom. The minimum atomic E-state index is -0.455. The lowest BCUT2D eigenvalue weighted by atomic mass is 9.80. The Morgan fingerprint density at radius 2 is 1.68 bits per heavy atom. The van der Waals surface area contributed by atoms with E-state index in [9.17, 15) is 4.79 Å². The molecule has 1 aliphatic carbocycles. The smallest absolute Gasteiger partial charge is 0.313 e. The third kappa shape index (κ3) is 5.47. The quantitative estimate of drug-likeness (QED) is 0.412. The lowest BCUT2D eigenvalue weighted by molar-refractivity contribution is -0.158. The van der Waals surface area contributed by atoms with Crippen LogP contribution in [0.1, 0.15) is 38.5 Å². The molecule has 0 saturated heterocycles. The van der Waals surface area contributed by atoms with Gasteiger partial charge in [-0.3, -0.25) is 4.79 Å². The van der Waals surface area contributed by atoms with E-state index >= 15 is 0 Å². The number of ether oxygens (including phenoxy) is 3. The van der Waals surface area contributed by atoms with Crippen LogP contribution in [0.5, 0.6) is 0 Å². The van der Waals surface area contributed by atoms with Crippen molar-refractivity contribution in [3.8, 4) is 0 Å². The first-order valence-corrected chi connectivity index (χ1v) is 7.19. The minimum absolute atomic E-state index is 0.146. The number of methoxy groups -OCH3 is 1. The molecule has 0 aromatic carbocycles. The standard InChI is InChI=1S/C14H27NO4/c1-17-8-9-18-10-11-19-13(16)14(12-15)6-4-2-3-5-7-14/h2-12,15H2,1H3. The van der Waals surface area contributed by atoms with Crippen molar-refractivity contribution in [2.45, 2.75) is 38.5 Å². The van der Waals surface area contributed by atoms with Gasteiger partial charge >= 0.3 is 5.97 Å². The molecule has 0 amide bonds. The number of hydrogen-bond acceptors (Lipinski definition) is 5. The van der Waals surface area contributed by atoms with E-state index < -0.39 is 5.41 Å². The summed E-state index contributed by atoms with van der Waals surface area (Å²) in [6.45, 7) is 2.17. The Balaban J connectivity index is 2.28. The van der Waals surface area contributed by atoms with Crippen LogP contribution in [0.4, 0.5) is 0 Å². The highest BCUT2D eigenvalue weighted by atomic mass is 16.6. The summed E-state index contributed by atoms with van der Waals surface area (Å²) in [6, 6.07) is 0. The maximum absolute atomic E-state index is 12.2. The SMILES string of the molecule is COCCOCCOC(=O)C1(CN)CCCCCC1. The topological polar surface area (TPSA) is 70.8 Å². The summed E-state index contributed by atoms with van der Waals surface area (Å²) >= 11 is 0. The van der Waals surface area contributed by atoms with Gasteiger partial charge in [0.2, 0.25) is 0 Å². The van der Waals surface area contributed by atoms with Crippen molar-refractivity contribution in [1.29, 1.82) is 0 Å². The molecule has 5 nitrogen and oxygen atoms in total. The third-order valence-corrected chi connectivity index (χ3v) is 3.78. The molecule has 0 aromatic heterocycles. The van der Waals surface area contributed by atoms with Crippen LogP contribution in [-0.4, -0.2) is 46.1 Å². The van der Waals surface area contributed by atoms with Gasteiger partial charge in [0.05, 0.1) is 25.2 Å². The molecule has 0 unspecified atom stereocenters. The Bertz CT molecular complexity index is 250. The summed E-state index contributed by atoms with van der Waals surface area (Å²) in [5.74, 6) is -0.146. The summed E-state index contributed by atoms with van der Waals surface area (Å²) in [5, 5.41) is 0. The second-order valence-electron chi connectivity index (χ2n) is 5.14. The highest BCUT2D eigenvalue weighted by Gasteiger charge is 2.38. The van der Waals surface area contributed by atoms with Gasteiger partial charge in [-0.05, 0) is 12.8 Å². The molecule has 1 rings (SSSR count). The number of nitrogens with two attached hydrogens (primary N) is 1. The molecule has 0 aromatic rings. The maximum Gasteiger partial charge on any atom is 0.313 e. The van der Waals surface area contributed by atoms with E-state index in [2.05, 4.69) is 0 Å². The van der Waals surface area contributed by atoms with Crippen molar-refractivity contribution in [2.75, 3.05) is 40.1 Å². The molecule has 5 heteroatoms. The Labute approximate surface area is 115 Å². The van der Waals surface area contributed by atoms with Crippen LogP contribution >= 0.6 is 0 Å². The largest absolute Gasteiger partial charge is 0.463 e. The summed E-state index contributed by atoms with van der Waals surface area (Å²) in [5.41, 5.74) is 5.37. The highest BCUT2D eigenvalue weighted by Crippen LogP contribution is 2.35. The number of hydrogen-bond donors (Lipinski definition) is 1. The van der Waals surface area contributed by atoms with E-state index in [4.69, 9.17) is 19.9 Å². The van der Waals surface area contributed by atoms with Crippen LogP contribution in [-0.2, 0) is 19.0 Å². The highest BCUT2D eigenvalue weighted by molar-refractivity contribution is 5.77. The first-order chi connectivity index (χ1) is 9.25. The van der Waals surface area contributed by atoms with E-state index in [0.29, 0.717) is 33.0 Å². The van der Waals surface area contributed by atoms with Gasteiger partial charge in [0.25, 0.3) is 0 Å². The molecule has 0 radical (unpaired) electrons. The molecule has 2 N–H and O–H groups in total. The normalized spacial score (nSPS) is 18.8. The van der Waals surface area contributed by atoms with E-state index in [1.54, 1.807) is 7.11 Å². The predicted octanol–water partition coefficient (Wildman–Crippen LogP) is 1.49. The van der Waals surface area contributed by atoms with Crippen LogP contribution in [0, 0.1) is 5.41 Å². The summed E-state index contributed by atoms with van der Waals surface area (Å²) < 4.78 is 15.5. The van der Waals surface area contributed by atoms with Crippen molar-refractivity contribution in [2.24, 2.45) is 11.1 Å². The van der Waals surface area contributed by atoms with Gasteiger partial charge in [0.15, 0.2) is 0 Å². The molecule has 0 spiro atoms. The molecule has 1 fully saturated rings. The lowest BCUT2D eigenvalue weighted by Gasteiger charge is -2.28. The third-order valence-electron chi connectivity index (χ3n) is 3.78. The van der Waals surface area contributed by atoms with Crippen LogP contribution < -0.4 is 5.73 Å². The Kier molecular flexibility index (Phi) is 8.02.